The molecule has 0 aliphatic heterocycles. The van der Waals surface area contributed by atoms with Crippen molar-refractivity contribution in [1.82, 2.24) is 0 Å². The van der Waals surface area contributed by atoms with Gasteiger partial charge in [-0.15, -0.1) is 0 Å². The van der Waals surface area contributed by atoms with Crippen LogP contribution in [0.5, 0.6) is 0 Å². The molecule has 0 rings (SSSR count). The third kappa shape index (κ3) is 1120. The molecule has 24 nitrogen and oxygen atoms in total. The van der Waals surface area contributed by atoms with Gasteiger partial charge < -0.3 is 85.9 Å². The molecule has 0 aromatic rings. The Morgan fingerprint density at radius 1 is 0.325 bits per heavy atom. The van der Waals surface area contributed by atoms with Crippen molar-refractivity contribution >= 4 is 247 Å². The van der Waals surface area contributed by atoms with Crippen molar-refractivity contribution in [3.05, 3.63) is 0 Å². The van der Waals surface area contributed by atoms with E-state index in [2.05, 4.69) is 0 Å². The zero-order chi connectivity index (χ0) is 24.2. The van der Waals surface area contributed by atoms with Gasteiger partial charge in [0.2, 0.25) is 0 Å². The summed E-state index contributed by atoms with van der Waals surface area (Å²) in [7, 11) is -26.4. The van der Waals surface area contributed by atoms with E-state index in [1.54, 1.807) is 0 Å². The third-order valence-electron chi connectivity index (χ3n) is 0. The molecule has 0 saturated carbocycles. The second kappa shape index (κ2) is 82.2. The van der Waals surface area contributed by atoms with Gasteiger partial charge in [0.15, 0.2) is 0 Å². The third-order valence-corrected chi connectivity index (χ3v) is 0. The van der Waals surface area contributed by atoms with Gasteiger partial charge in [-0.25, -0.2) is 0 Å². The topological polar surface area (TPSA) is 520 Å². The van der Waals surface area contributed by atoms with Crippen LogP contribution in [0.2, 0.25) is 0 Å². The van der Waals surface area contributed by atoms with Crippen LogP contribution in [-0.2, 0) is 44.6 Å². The van der Waals surface area contributed by atoms with E-state index in [9.17, 15) is 0 Å². The first kappa shape index (κ1) is 125. The fraction of sp³-hybridized carbons (Fsp3) is 0. The zero-order valence-electron chi connectivity index (χ0n) is 21.2. The molecular formula is H3Ca5Na5O24S3Si3. The molecule has 40 heteroatoms. The van der Waals surface area contributed by atoms with E-state index in [1.165, 1.54) is 0 Å². The van der Waals surface area contributed by atoms with Crippen LogP contribution in [0.4, 0.5) is 0 Å². The zero-order valence-corrected chi connectivity index (χ0v) is 47.7. The van der Waals surface area contributed by atoms with Crippen LogP contribution >= 0.6 is 0 Å². The van der Waals surface area contributed by atoms with Gasteiger partial charge in [0.1, 0.15) is 0 Å². The molecule has 0 radical (unpaired) electrons. The van der Waals surface area contributed by atoms with E-state index in [0.29, 0.717) is 0 Å². The summed E-state index contributed by atoms with van der Waals surface area (Å²) < 4.78 is 128. The Morgan fingerprint density at radius 3 is 0.325 bits per heavy atom. The Bertz CT molecular complexity index is 597. The van der Waals surface area contributed by atoms with Crippen molar-refractivity contribution in [3.8, 4) is 0 Å². The Balaban J connectivity index is -0.00000000732. The van der Waals surface area contributed by atoms with E-state index in [-0.39, 0.29) is 353 Å². The second-order valence-electron chi connectivity index (χ2n) is 1.97. The largest absolute Gasteiger partial charge is 2.00 e. The molecule has 0 atom stereocenters. The van der Waals surface area contributed by atoms with Crippen LogP contribution in [0.1, 0.15) is 0 Å². The van der Waals surface area contributed by atoms with Crippen LogP contribution in [0.3, 0.4) is 0 Å². The van der Waals surface area contributed by atoms with Gasteiger partial charge in [0.25, 0.3) is 0 Å². The molecule has 0 saturated heterocycles. The van der Waals surface area contributed by atoms with Crippen molar-refractivity contribution in [2.75, 3.05) is 0 Å². The molecule has 0 amide bonds. The minimum atomic E-state index is -5.17. The molecule has 0 aromatic carbocycles. The van der Waals surface area contributed by atoms with E-state index >= 15 is 0 Å². The number of rotatable bonds is 0. The fourth-order valence-electron chi connectivity index (χ4n) is 0. The first-order valence-corrected chi connectivity index (χ1v) is 11.5. The van der Waals surface area contributed by atoms with Gasteiger partial charge in [-0.1, -0.05) is 0 Å². The summed E-state index contributed by atoms with van der Waals surface area (Å²) in [5.74, 6) is 0. The summed E-state index contributed by atoms with van der Waals surface area (Å²) in [5, 5.41) is 0. The first-order valence-electron chi connectivity index (χ1n) is 3.84. The number of hydrogen-bond acceptors (Lipinski definition) is 24. The minimum absolute atomic E-state index is 0. The first-order chi connectivity index (χ1) is 11.2. The summed E-state index contributed by atoms with van der Waals surface area (Å²) in [6, 6.07) is 0. The maximum Gasteiger partial charge on any atom is 2.00 e. The molecule has 0 aliphatic rings. The van der Waals surface area contributed by atoms with Crippen molar-refractivity contribution in [3.63, 3.8) is 0 Å². The van der Waals surface area contributed by atoms with Gasteiger partial charge in [-0.3, -0.25) is 25.3 Å². The normalized spacial score (nSPS) is 6.15. The van der Waals surface area contributed by atoms with Crippen molar-refractivity contribution in [2.45, 2.75) is 0 Å². The molecule has 0 bridgehead atoms. The fourth-order valence-corrected chi connectivity index (χ4v) is 0. The van der Waals surface area contributed by atoms with Gasteiger partial charge in [-0.05, 0) is 0 Å². The van der Waals surface area contributed by atoms with Gasteiger partial charge in [0, 0.05) is 58.7 Å². The van der Waals surface area contributed by atoms with E-state index in [1.807, 2.05) is 0 Å². The molecule has 40 heavy (non-hydrogen) atoms. The smallest absolute Gasteiger partial charge is 0.870 e. The van der Waals surface area contributed by atoms with Gasteiger partial charge >= 0.3 is 336 Å². The van der Waals surface area contributed by atoms with E-state index in [4.69, 9.17) is 94.7 Å². The van der Waals surface area contributed by atoms with E-state index in [0.717, 1.165) is 0 Å². The van der Waals surface area contributed by atoms with Crippen LogP contribution < -0.4 is 177 Å². The molecule has 0 fully saturated rings. The predicted octanol–water partition coefficient (Wildman–Crippen LogP) is -30.1. The molecule has 0 heterocycles. The van der Waals surface area contributed by atoms with Crippen LogP contribution in [0, 0.1) is 0 Å². The van der Waals surface area contributed by atoms with Crippen molar-refractivity contribution < 1.29 is 259 Å². The molecule has 0 aromatic heterocycles. The van der Waals surface area contributed by atoms with Crippen molar-refractivity contribution in [1.29, 1.82) is 0 Å². The molecule has 3 N–H and O–H groups in total. The second-order valence-corrected chi connectivity index (χ2v) is 5.92. The van der Waals surface area contributed by atoms with Crippen LogP contribution in [0.15, 0.2) is 0 Å². The number of hydrogen-bond donors (Lipinski definition) is 0. The Labute approximate surface area is 493 Å². The summed E-state index contributed by atoms with van der Waals surface area (Å²) in [6.45, 7) is 0. The SMILES string of the molecule is O=S(=O)([O-])[O-].O=S(=O)([O-])[O-].O=S(=O)([O-])[O-].O=[Si]([O-])[O-].O=[Si]([O-])[O-].O=[Si]([O-])[O-].[Ca+2].[Ca+2].[Ca+2].[Ca+2].[Ca+2].[Na+].[Na+].[Na+].[Na+].[Na+].[OH-].[OH-].[OH-]. The quantitative estimate of drug-likeness (QED) is 0.124. The predicted molar refractivity (Wildman–Crippen MR) is 85.3 cm³/mol. The van der Waals surface area contributed by atoms with Crippen LogP contribution in [-0.4, -0.2) is 285 Å². The van der Waals surface area contributed by atoms with Gasteiger partial charge in [0.05, 0.1) is 0 Å². The Kier molecular flexibility index (Phi) is 257. The summed E-state index contributed by atoms with van der Waals surface area (Å²) >= 11 is 0. The monoisotopic (exact) mass is 882 g/mol. The van der Waals surface area contributed by atoms with Crippen LogP contribution in [0.25, 0.3) is 0 Å². The Morgan fingerprint density at radius 2 is 0.325 bits per heavy atom. The molecule has 192 valence electrons. The summed E-state index contributed by atoms with van der Waals surface area (Å²) in [6.07, 6.45) is 0. The molecule has 0 unspecified atom stereocenters. The standard InChI is InChI=1S/5Ca.5Na.3H2O4S.3O3Si.3H2O/c;;;;;;;;;;3*1-5(2,3)4;3*1-4(2)3;;;/h;;;;;;;;;;3*(H2,1,2,3,4);;;;3*1H2/q5*+2;5*+1;;;;3*-2;;;/p-9. The average molecular weight is 883 g/mol. The maximum absolute atomic E-state index is 8.52. The van der Waals surface area contributed by atoms with Crippen molar-refractivity contribution in [2.24, 2.45) is 0 Å². The minimum Gasteiger partial charge on any atom is -0.870 e. The average Bonchev–Trinajstić information content (AvgIpc) is 2.01. The Hall–Kier alpha value is 9.64. The van der Waals surface area contributed by atoms with Gasteiger partial charge in [-0.2, -0.15) is 0 Å². The maximum atomic E-state index is 8.52. The molecule has 0 spiro atoms. The molecular weight excluding hydrogens is 880 g/mol. The summed E-state index contributed by atoms with van der Waals surface area (Å²) in [5.41, 5.74) is 0. The van der Waals surface area contributed by atoms with E-state index < -0.39 is 58.7 Å². The molecule has 0 aliphatic carbocycles. The summed E-state index contributed by atoms with van der Waals surface area (Å²) in [4.78, 5) is 51.1.